The van der Waals surface area contributed by atoms with E-state index in [1.54, 1.807) is 19.9 Å². The second kappa shape index (κ2) is 8.76. The number of sulfonamides is 1. The molecular formula is C22H26N4O4S2. The van der Waals surface area contributed by atoms with Crippen LogP contribution in [0, 0.1) is 33.6 Å². The van der Waals surface area contributed by atoms with Crippen molar-refractivity contribution in [3.8, 4) is 10.7 Å². The molecule has 0 saturated carbocycles. The minimum absolute atomic E-state index is 0.0616. The van der Waals surface area contributed by atoms with E-state index in [2.05, 4.69) is 21.5 Å². The zero-order chi connectivity index (χ0) is 23.0. The Morgan fingerprint density at radius 2 is 1.75 bits per heavy atom. The van der Waals surface area contributed by atoms with Gasteiger partial charge in [0.05, 0.1) is 9.77 Å². The van der Waals surface area contributed by atoms with Crippen molar-refractivity contribution in [2.24, 2.45) is 5.92 Å². The third-order valence-electron chi connectivity index (χ3n) is 5.55. The van der Waals surface area contributed by atoms with Crippen molar-refractivity contribution in [1.82, 2.24) is 14.4 Å². The predicted molar refractivity (Wildman–Crippen MR) is 123 cm³/mol. The summed E-state index contributed by atoms with van der Waals surface area (Å²) in [5.74, 6) is 0.535. The summed E-state index contributed by atoms with van der Waals surface area (Å²) in [7, 11) is -3.67. The van der Waals surface area contributed by atoms with Crippen LogP contribution < -0.4 is 5.32 Å². The van der Waals surface area contributed by atoms with Gasteiger partial charge in [-0.2, -0.15) is 9.29 Å². The molecule has 1 fully saturated rings. The van der Waals surface area contributed by atoms with Crippen molar-refractivity contribution >= 4 is 33.0 Å². The van der Waals surface area contributed by atoms with Crippen molar-refractivity contribution in [2.75, 3.05) is 18.4 Å². The Hall–Kier alpha value is -2.56. The number of piperidine rings is 1. The second-order valence-corrected chi connectivity index (χ2v) is 11.4. The molecule has 1 aliphatic heterocycles. The molecule has 0 spiro atoms. The molecule has 10 heteroatoms. The topological polar surface area (TPSA) is 105 Å². The molecule has 2 aromatic heterocycles. The molecule has 4 rings (SSSR count). The summed E-state index contributed by atoms with van der Waals surface area (Å²) in [5, 5.41) is 6.86. The van der Waals surface area contributed by atoms with Crippen LogP contribution in [0.25, 0.3) is 10.7 Å². The number of rotatable bonds is 5. The molecule has 3 aromatic rings. The van der Waals surface area contributed by atoms with Crippen molar-refractivity contribution in [1.29, 1.82) is 0 Å². The van der Waals surface area contributed by atoms with Gasteiger partial charge in [0.15, 0.2) is 0 Å². The van der Waals surface area contributed by atoms with Crippen molar-refractivity contribution in [2.45, 2.75) is 45.4 Å². The van der Waals surface area contributed by atoms with E-state index in [1.807, 2.05) is 26.0 Å². The monoisotopic (exact) mass is 474 g/mol. The molecule has 3 heterocycles. The molecule has 170 valence electrons. The number of carbonyl (C=O) groups is 1. The number of nitrogens with zero attached hydrogens (tertiary/aromatic N) is 3. The number of carbonyl (C=O) groups excluding carboxylic acids is 1. The van der Waals surface area contributed by atoms with Crippen molar-refractivity contribution in [3.63, 3.8) is 0 Å². The summed E-state index contributed by atoms with van der Waals surface area (Å²) in [5.41, 5.74) is 2.95. The number of anilines is 1. The summed E-state index contributed by atoms with van der Waals surface area (Å²) in [6.45, 7) is 8.05. The van der Waals surface area contributed by atoms with Gasteiger partial charge in [-0.1, -0.05) is 11.2 Å². The Labute approximate surface area is 191 Å². The normalized spacial score (nSPS) is 15.8. The summed E-state index contributed by atoms with van der Waals surface area (Å²) in [6, 6.07) is 7.54. The van der Waals surface area contributed by atoms with Gasteiger partial charge in [-0.3, -0.25) is 4.79 Å². The summed E-state index contributed by atoms with van der Waals surface area (Å²) >= 11 is 1.33. The Bertz CT molecular complexity index is 1230. The molecular weight excluding hydrogens is 448 g/mol. The first-order chi connectivity index (χ1) is 15.1. The lowest BCUT2D eigenvalue weighted by Crippen LogP contribution is -2.41. The van der Waals surface area contributed by atoms with Crippen LogP contribution in [0.15, 0.2) is 33.7 Å². The van der Waals surface area contributed by atoms with Crippen LogP contribution in [0.4, 0.5) is 5.69 Å². The summed E-state index contributed by atoms with van der Waals surface area (Å²) < 4.78 is 33.0. The number of amides is 1. The first-order valence-corrected chi connectivity index (χ1v) is 12.7. The van der Waals surface area contributed by atoms with Gasteiger partial charge in [-0.15, -0.1) is 11.3 Å². The van der Waals surface area contributed by atoms with E-state index < -0.39 is 10.0 Å². The van der Waals surface area contributed by atoms with Gasteiger partial charge in [0.2, 0.25) is 27.6 Å². The maximum absolute atomic E-state index is 13.3. The highest BCUT2D eigenvalue weighted by Gasteiger charge is 2.34. The minimum atomic E-state index is -3.67. The average Bonchev–Trinajstić information content (AvgIpc) is 3.33. The number of aromatic nitrogens is 2. The van der Waals surface area contributed by atoms with Crippen LogP contribution in [0.5, 0.6) is 0 Å². The maximum Gasteiger partial charge on any atom is 0.244 e. The molecule has 1 aromatic carbocycles. The number of thiophene rings is 1. The molecule has 0 unspecified atom stereocenters. The average molecular weight is 475 g/mol. The van der Waals surface area contributed by atoms with Crippen LogP contribution >= 0.6 is 11.3 Å². The predicted octanol–water partition coefficient (Wildman–Crippen LogP) is 4.07. The van der Waals surface area contributed by atoms with Crippen molar-refractivity contribution in [3.05, 3.63) is 46.2 Å². The Morgan fingerprint density at radius 3 is 2.34 bits per heavy atom. The standard InChI is InChI=1S/C22H26N4O4S2/c1-13-9-14(2)11-18(10-13)24-22(27)17-5-7-26(8-6-17)32(28,29)20-12-19(31-15(20)3)21-23-16(4)30-25-21/h9-12,17H,5-8H2,1-4H3,(H,24,27). The largest absolute Gasteiger partial charge is 0.339 e. The van der Waals surface area contributed by atoms with E-state index in [9.17, 15) is 13.2 Å². The third-order valence-corrected chi connectivity index (χ3v) is 8.75. The molecule has 1 amide bonds. The van der Waals surface area contributed by atoms with Gasteiger partial charge in [0, 0.05) is 36.5 Å². The van der Waals surface area contributed by atoms with E-state index in [1.165, 1.54) is 15.6 Å². The Balaban J connectivity index is 1.43. The first kappa shape index (κ1) is 22.6. The van der Waals surface area contributed by atoms with Gasteiger partial charge in [-0.25, -0.2) is 8.42 Å². The highest BCUT2D eigenvalue weighted by atomic mass is 32.2. The fraction of sp³-hybridized carbons (Fsp3) is 0.409. The van der Waals surface area contributed by atoms with Gasteiger partial charge < -0.3 is 9.84 Å². The van der Waals surface area contributed by atoms with Crippen LogP contribution in [0.3, 0.4) is 0 Å². The number of hydrogen-bond donors (Lipinski definition) is 1. The third kappa shape index (κ3) is 4.62. The van der Waals surface area contributed by atoms with Gasteiger partial charge in [0.25, 0.3) is 0 Å². The minimum Gasteiger partial charge on any atom is -0.339 e. The molecule has 8 nitrogen and oxygen atoms in total. The van der Waals surface area contributed by atoms with E-state index >= 15 is 0 Å². The number of benzene rings is 1. The smallest absolute Gasteiger partial charge is 0.244 e. The van der Waals surface area contributed by atoms with Crippen LogP contribution in [-0.4, -0.2) is 41.9 Å². The lowest BCUT2D eigenvalue weighted by atomic mass is 9.97. The quantitative estimate of drug-likeness (QED) is 0.598. The van der Waals surface area contributed by atoms with E-state index in [0.717, 1.165) is 16.8 Å². The molecule has 0 aliphatic carbocycles. The molecule has 1 N–H and O–H groups in total. The number of aryl methyl sites for hydroxylation is 4. The van der Waals surface area contributed by atoms with Crippen LogP contribution in [0.1, 0.15) is 34.7 Å². The Morgan fingerprint density at radius 1 is 1.09 bits per heavy atom. The highest BCUT2D eigenvalue weighted by Crippen LogP contribution is 2.35. The first-order valence-electron chi connectivity index (χ1n) is 10.4. The fourth-order valence-corrected chi connectivity index (χ4v) is 6.98. The molecule has 1 saturated heterocycles. The second-order valence-electron chi connectivity index (χ2n) is 8.21. The molecule has 0 bridgehead atoms. The van der Waals surface area contributed by atoms with Crippen LogP contribution in [0.2, 0.25) is 0 Å². The number of hydrogen-bond acceptors (Lipinski definition) is 7. The maximum atomic E-state index is 13.3. The van der Waals surface area contributed by atoms with E-state index in [0.29, 0.717) is 47.4 Å². The molecule has 0 atom stereocenters. The number of nitrogens with one attached hydrogen (secondary N) is 1. The zero-order valence-corrected chi connectivity index (χ0v) is 20.1. The fourth-order valence-electron chi connectivity index (χ4n) is 4.02. The Kier molecular flexibility index (Phi) is 6.19. The summed E-state index contributed by atoms with van der Waals surface area (Å²) in [4.78, 5) is 18.5. The van der Waals surface area contributed by atoms with Crippen LogP contribution in [-0.2, 0) is 14.8 Å². The SMILES string of the molecule is Cc1cc(C)cc(NC(=O)C2CCN(S(=O)(=O)c3cc(-c4noc(C)n4)sc3C)CC2)c1. The van der Waals surface area contributed by atoms with Gasteiger partial charge >= 0.3 is 0 Å². The van der Waals surface area contributed by atoms with Gasteiger partial charge in [-0.05, 0) is 62.9 Å². The van der Waals surface area contributed by atoms with E-state index in [-0.39, 0.29) is 16.7 Å². The molecule has 32 heavy (non-hydrogen) atoms. The lowest BCUT2D eigenvalue weighted by molar-refractivity contribution is -0.120. The zero-order valence-electron chi connectivity index (χ0n) is 18.5. The highest BCUT2D eigenvalue weighted by molar-refractivity contribution is 7.89. The van der Waals surface area contributed by atoms with E-state index in [4.69, 9.17) is 4.52 Å². The lowest BCUT2D eigenvalue weighted by Gasteiger charge is -2.30. The summed E-state index contributed by atoms with van der Waals surface area (Å²) in [6.07, 6.45) is 0.964. The molecule has 0 radical (unpaired) electrons. The molecule has 1 aliphatic rings. The van der Waals surface area contributed by atoms with Crippen molar-refractivity contribution < 1.29 is 17.7 Å². The van der Waals surface area contributed by atoms with Gasteiger partial charge in [0.1, 0.15) is 0 Å².